The molecule has 1 heterocycles. The monoisotopic (exact) mass is 270 g/mol. The third kappa shape index (κ3) is 3.96. The van der Waals surface area contributed by atoms with Gasteiger partial charge in [0.15, 0.2) is 0 Å². The fourth-order valence-electron chi connectivity index (χ4n) is 1.31. The van der Waals surface area contributed by atoms with E-state index >= 15 is 0 Å². The maximum atomic E-state index is 12.1. The third-order valence-electron chi connectivity index (χ3n) is 2.03. The van der Waals surface area contributed by atoms with Gasteiger partial charge in [0, 0.05) is 27.9 Å². The molecule has 0 radical (unpaired) electrons. The van der Waals surface area contributed by atoms with Crippen LogP contribution in [0.2, 0.25) is 0 Å². The number of hydrogen-bond donors (Lipinski definition) is 1. The first kappa shape index (κ1) is 12.8. The summed E-state index contributed by atoms with van der Waals surface area (Å²) >= 11 is 1.47. The summed E-state index contributed by atoms with van der Waals surface area (Å²) in [5.41, 5.74) is 0.0292. The fraction of sp³-hybridized carbons (Fsp3) is 0.0833. The standard InChI is InChI=1S/C12H9F3N2S/c13-12(14,15)17-9-1-3-10(4-2-9)18-11-5-7-16-8-6-11/h1-8,17H. The lowest BCUT2D eigenvalue weighted by molar-refractivity contribution is -0.0999. The van der Waals surface area contributed by atoms with Crippen molar-refractivity contribution in [1.29, 1.82) is 0 Å². The number of alkyl halides is 3. The number of nitrogens with zero attached hydrogens (tertiary/aromatic N) is 1. The highest BCUT2D eigenvalue weighted by Gasteiger charge is 2.26. The number of anilines is 1. The molecule has 18 heavy (non-hydrogen) atoms. The average Bonchev–Trinajstić information content (AvgIpc) is 2.31. The maximum Gasteiger partial charge on any atom is 0.482 e. The van der Waals surface area contributed by atoms with E-state index in [0.29, 0.717) is 0 Å². The molecule has 0 aliphatic rings. The number of benzene rings is 1. The van der Waals surface area contributed by atoms with Crippen molar-refractivity contribution in [2.75, 3.05) is 5.32 Å². The average molecular weight is 270 g/mol. The van der Waals surface area contributed by atoms with Crippen LogP contribution in [-0.4, -0.2) is 11.3 Å². The molecule has 0 saturated heterocycles. The summed E-state index contributed by atoms with van der Waals surface area (Å²) in [5.74, 6) is 0. The van der Waals surface area contributed by atoms with E-state index < -0.39 is 6.30 Å². The Morgan fingerprint density at radius 3 is 2.00 bits per heavy atom. The van der Waals surface area contributed by atoms with Crippen LogP contribution in [0.3, 0.4) is 0 Å². The largest absolute Gasteiger partial charge is 0.482 e. The summed E-state index contributed by atoms with van der Waals surface area (Å²) in [6.45, 7) is 0. The van der Waals surface area contributed by atoms with Crippen molar-refractivity contribution >= 4 is 17.4 Å². The molecule has 2 aromatic rings. The second kappa shape index (κ2) is 5.30. The Morgan fingerprint density at radius 2 is 1.44 bits per heavy atom. The Morgan fingerprint density at radius 1 is 0.889 bits per heavy atom. The highest BCUT2D eigenvalue weighted by Crippen LogP contribution is 2.28. The lowest BCUT2D eigenvalue weighted by atomic mass is 10.3. The van der Waals surface area contributed by atoms with Crippen LogP contribution < -0.4 is 5.32 Å². The molecular formula is C12H9F3N2S. The first-order chi connectivity index (χ1) is 8.53. The highest BCUT2D eigenvalue weighted by atomic mass is 32.2. The van der Waals surface area contributed by atoms with Crippen LogP contribution in [0.15, 0.2) is 58.6 Å². The Kier molecular flexibility index (Phi) is 3.76. The van der Waals surface area contributed by atoms with E-state index in [9.17, 15) is 13.2 Å². The van der Waals surface area contributed by atoms with E-state index in [2.05, 4.69) is 4.98 Å². The minimum absolute atomic E-state index is 0.0292. The van der Waals surface area contributed by atoms with Crippen LogP contribution in [-0.2, 0) is 0 Å². The Labute approximate surface area is 106 Å². The van der Waals surface area contributed by atoms with Gasteiger partial charge in [-0.1, -0.05) is 11.8 Å². The van der Waals surface area contributed by atoms with Crippen LogP contribution in [0.5, 0.6) is 0 Å². The summed E-state index contributed by atoms with van der Waals surface area (Å²) in [5, 5.41) is 1.45. The van der Waals surface area contributed by atoms with E-state index in [-0.39, 0.29) is 5.69 Å². The van der Waals surface area contributed by atoms with Crippen molar-refractivity contribution in [1.82, 2.24) is 4.98 Å². The quantitative estimate of drug-likeness (QED) is 0.847. The molecule has 1 aromatic heterocycles. The van der Waals surface area contributed by atoms with Crippen molar-refractivity contribution in [2.24, 2.45) is 0 Å². The number of aromatic nitrogens is 1. The first-order valence-corrected chi connectivity index (χ1v) is 5.87. The summed E-state index contributed by atoms with van der Waals surface area (Å²) in [6.07, 6.45) is -1.07. The second-order valence-corrected chi connectivity index (χ2v) is 4.58. The van der Waals surface area contributed by atoms with Gasteiger partial charge in [0.25, 0.3) is 0 Å². The zero-order valence-corrected chi connectivity index (χ0v) is 9.92. The van der Waals surface area contributed by atoms with Gasteiger partial charge in [-0.2, -0.15) is 13.2 Å². The molecule has 0 unspecified atom stereocenters. The van der Waals surface area contributed by atoms with Gasteiger partial charge in [-0.3, -0.25) is 10.3 Å². The van der Waals surface area contributed by atoms with Crippen LogP contribution in [0.4, 0.5) is 18.9 Å². The van der Waals surface area contributed by atoms with Gasteiger partial charge in [0.2, 0.25) is 0 Å². The molecule has 2 rings (SSSR count). The van der Waals surface area contributed by atoms with Crippen molar-refractivity contribution < 1.29 is 13.2 Å². The molecule has 0 amide bonds. The molecule has 0 bridgehead atoms. The van der Waals surface area contributed by atoms with E-state index in [1.165, 1.54) is 29.2 Å². The smallest absolute Gasteiger partial charge is 0.298 e. The van der Waals surface area contributed by atoms with E-state index in [0.717, 1.165) is 9.79 Å². The Bertz CT molecular complexity index is 497. The predicted molar refractivity (Wildman–Crippen MR) is 64.5 cm³/mol. The molecule has 2 nitrogen and oxygen atoms in total. The molecule has 0 fully saturated rings. The summed E-state index contributed by atoms with van der Waals surface area (Å²) < 4.78 is 36.2. The maximum absolute atomic E-state index is 12.1. The molecule has 1 N–H and O–H groups in total. The first-order valence-electron chi connectivity index (χ1n) is 5.06. The zero-order valence-electron chi connectivity index (χ0n) is 9.11. The Hall–Kier alpha value is -1.69. The summed E-state index contributed by atoms with van der Waals surface area (Å²) in [7, 11) is 0. The van der Waals surface area contributed by atoms with Gasteiger partial charge >= 0.3 is 6.30 Å². The van der Waals surface area contributed by atoms with Crippen molar-refractivity contribution in [3.05, 3.63) is 48.8 Å². The topological polar surface area (TPSA) is 24.9 Å². The molecule has 6 heteroatoms. The van der Waals surface area contributed by atoms with Crippen molar-refractivity contribution in [2.45, 2.75) is 16.1 Å². The molecule has 94 valence electrons. The van der Waals surface area contributed by atoms with Crippen molar-refractivity contribution in [3.63, 3.8) is 0 Å². The third-order valence-corrected chi connectivity index (χ3v) is 3.04. The minimum Gasteiger partial charge on any atom is -0.298 e. The van der Waals surface area contributed by atoms with Crippen molar-refractivity contribution in [3.8, 4) is 0 Å². The molecule has 0 saturated carbocycles. The van der Waals surface area contributed by atoms with Gasteiger partial charge in [-0.15, -0.1) is 0 Å². The van der Waals surface area contributed by atoms with Crippen LogP contribution in [0.1, 0.15) is 0 Å². The molecule has 1 aromatic carbocycles. The molecular weight excluding hydrogens is 261 g/mol. The molecule has 0 spiro atoms. The van der Waals surface area contributed by atoms with Gasteiger partial charge in [0.1, 0.15) is 0 Å². The number of pyridine rings is 1. The van der Waals surface area contributed by atoms with Gasteiger partial charge in [-0.25, -0.2) is 0 Å². The van der Waals surface area contributed by atoms with E-state index in [4.69, 9.17) is 0 Å². The lowest BCUT2D eigenvalue weighted by Crippen LogP contribution is -2.20. The zero-order chi connectivity index (χ0) is 13.0. The number of halogens is 3. The van der Waals surface area contributed by atoms with Gasteiger partial charge < -0.3 is 0 Å². The molecule has 0 aliphatic heterocycles. The highest BCUT2D eigenvalue weighted by molar-refractivity contribution is 7.99. The second-order valence-electron chi connectivity index (χ2n) is 3.43. The minimum atomic E-state index is -4.40. The number of rotatable bonds is 3. The normalized spacial score (nSPS) is 11.3. The number of nitrogens with one attached hydrogen (secondary N) is 1. The van der Waals surface area contributed by atoms with E-state index in [1.807, 2.05) is 12.1 Å². The lowest BCUT2D eigenvalue weighted by Gasteiger charge is -2.10. The van der Waals surface area contributed by atoms with Crippen LogP contribution in [0, 0.1) is 0 Å². The summed E-state index contributed by atoms with van der Waals surface area (Å²) in [4.78, 5) is 5.75. The van der Waals surface area contributed by atoms with E-state index in [1.54, 1.807) is 24.5 Å². The van der Waals surface area contributed by atoms with Crippen LogP contribution in [0.25, 0.3) is 0 Å². The summed E-state index contributed by atoms with van der Waals surface area (Å²) in [6, 6.07) is 9.76. The van der Waals surface area contributed by atoms with Crippen LogP contribution >= 0.6 is 11.8 Å². The fourth-order valence-corrected chi connectivity index (χ4v) is 2.11. The van der Waals surface area contributed by atoms with Gasteiger partial charge in [-0.05, 0) is 36.4 Å². The molecule has 0 atom stereocenters. The SMILES string of the molecule is FC(F)(F)Nc1ccc(Sc2ccncc2)cc1. The number of hydrogen-bond acceptors (Lipinski definition) is 3. The predicted octanol–water partition coefficient (Wildman–Crippen LogP) is 4.16. The Balaban J connectivity index is 2.04. The van der Waals surface area contributed by atoms with Gasteiger partial charge in [0.05, 0.1) is 0 Å². The molecule has 0 aliphatic carbocycles.